The highest BCUT2D eigenvalue weighted by Crippen LogP contribution is 2.19. The van der Waals surface area contributed by atoms with Crippen LogP contribution in [0, 0.1) is 5.82 Å². The molecule has 1 aromatic carbocycles. The topological polar surface area (TPSA) is 103 Å². The molecule has 4 N–H and O–H groups in total. The number of nitrogens with one attached hydrogen (secondary N) is 3. The fourth-order valence-electron chi connectivity index (χ4n) is 2.16. The summed E-state index contributed by atoms with van der Waals surface area (Å²) in [7, 11) is 0. The first-order valence-corrected chi connectivity index (χ1v) is 8.16. The Hall–Kier alpha value is -3.94. The van der Waals surface area contributed by atoms with Crippen molar-refractivity contribution in [2.75, 3.05) is 11.9 Å². The van der Waals surface area contributed by atoms with Gasteiger partial charge in [-0.25, -0.2) is 4.39 Å². The smallest absolute Gasteiger partial charge is 0.251 e. The molecule has 0 radical (unpaired) electrons. The molecule has 0 atom stereocenters. The third-order valence-electron chi connectivity index (χ3n) is 3.46. The Labute approximate surface area is 161 Å². The van der Waals surface area contributed by atoms with Crippen LogP contribution in [0.1, 0.15) is 10.4 Å². The van der Waals surface area contributed by atoms with E-state index in [-0.39, 0.29) is 29.3 Å². The number of aromatic nitrogens is 1. The molecule has 144 valence electrons. The van der Waals surface area contributed by atoms with Crippen molar-refractivity contribution < 1.29 is 19.1 Å². The molecule has 0 saturated heterocycles. The number of aliphatic hydroxyl groups is 1. The van der Waals surface area contributed by atoms with Crippen LogP contribution in [0.4, 0.5) is 15.8 Å². The Morgan fingerprint density at radius 2 is 2.07 bits per heavy atom. The molecule has 8 heteroatoms. The van der Waals surface area contributed by atoms with Crippen LogP contribution in [-0.4, -0.2) is 28.4 Å². The summed E-state index contributed by atoms with van der Waals surface area (Å²) < 4.78 is 13.7. The molecule has 0 spiro atoms. The summed E-state index contributed by atoms with van der Waals surface area (Å²) in [5.41, 5.74) is 1.08. The first-order valence-electron chi connectivity index (χ1n) is 8.16. The van der Waals surface area contributed by atoms with Gasteiger partial charge in [-0.15, -0.1) is 0 Å². The third-order valence-corrected chi connectivity index (χ3v) is 3.46. The Morgan fingerprint density at radius 3 is 2.75 bits per heavy atom. The number of allylic oxidation sites excluding steroid dienone is 2. The number of pyridine rings is 1. The van der Waals surface area contributed by atoms with Gasteiger partial charge in [0.2, 0.25) is 5.91 Å². The number of anilines is 2. The molecular formula is C20H19FN4O3. The second kappa shape index (κ2) is 9.67. The average Bonchev–Trinajstić information content (AvgIpc) is 2.67. The molecule has 0 aliphatic heterocycles. The Balaban J connectivity index is 1.98. The number of hydrogen-bond acceptors (Lipinski definition) is 5. The van der Waals surface area contributed by atoms with E-state index < -0.39 is 17.6 Å². The minimum atomic E-state index is -0.551. The zero-order valence-electron chi connectivity index (χ0n) is 14.9. The highest BCUT2D eigenvalue weighted by Gasteiger charge is 2.11. The first kappa shape index (κ1) is 20.4. The molecule has 0 aliphatic rings. The van der Waals surface area contributed by atoms with Gasteiger partial charge in [0.1, 0.15) is 5.76 Å². The van der Waals surface area contributed by atoms with E-state index in [2.05, 4.69) is 34.1 Å². The summed E-state index contributed by atoms with van der Waals surface area (Å²) >= 11 is 0. The molecule has 0 aliphatic carbocycles. The van der Waals surface area contributed by atoms with Gasteiger partial charge in [-0.1, -0.05) is 25.3 Å². The number of rotatable bonds is 8. The van der Waals surface area contributed by atoms with E-state index >= 15 is 0 Å². The molecular weight excluding hydrogens is 363 g/mol. The van der Waals surface area contributed by atoms with Crippen molar-refractivity contribution in [2.45, 2.75) is 0 Å². The number of carbonyl (C=O) groups excluding carboxylic acids is 2. The van der Waals surface area contributed by atoms with Crippen LogP contribution in [0.3, 0.4) is 0 Å². The summed E-state index contributed by atoms with van der Waals surface area (Å²) in [5, 5.41) is 17.1. The normalized spacial score (nSPS) is 10.7. The molecule has 1 heterocycles. The van der Waals surface area contributed by atoms with Gasteiger partial charge >= 0.3 is 0 Å². The first-order chi connectivity index (χ1) is 13.4. The molecule has 0 bridgehead atoms. The summed E-state index contributed by atoms with van der Waals surface area (Å²) in [6.07, 6.45) is 5.26. The van der Waals surface area contributed by atoms with Crippen LogP contribution in [-0.2, 0) is 4.79 Å². The van der Waals surface area contributed by atoms with Crippen molar-refractivity contribution in [1.82, 2.24) is 15.6 Å². The Morgan fingerprint density at radius 1 is 1.29 bits per heavy atom. The number of halogens is 1. The molecule has 28 heavy (non-hydrogen) atoms. The van der Waals surface area contributed by atoms with Gasteiger partial charge in [0, 0.05) is 17.4 Å². The SMILES string of the molecule is C=C/C=C(/NC(=O)CNC(=O)c1cccc(Nc2ccncc2F)c1)C(=C)O. The summed E-state index contributed by atoms with van der Waals surface area (Å²) in [4.78, 5) is 27.8. The summed E-state index contributed by atoms with van der Waals surface area (Å²) in [6.45, 7) is 6.46. The molecule has 2 amide bonds. The highest BCUT2D eigenvalue weighted by atomic mass is 19.1. The van der Waals surface area contributed by atoms with Crippen molar-refractivity contribution in [3.63, 3.8) is 0 Å². The van der Waals surface area contributed by atoms with Crippen LogP contribution in [0.5, 0.6) is 0 Å². The minimum absolute atomic E-state index is 0.0832. The maximum absolute atomic E-state index is 13.7. The molecule has 2 aromatic rings. The predicted octanol–water partition coefficient (Wildman–Crippen LogP) is 2.95. The molecule has 2 rings (SSSR count). The zero-order valence-corrected chi connectivity index (χ0v) is 14.9. The number of benzene rings is 1. The van der Waals surface area contributed by atoms with Gasteiger partial charge in [-0.3, -0.25) is 14.6 Å². The van der Waals surface area contributed by atoms with E-state index in [9.17, 15) is 19.1 Å². The van der Waals surface area contributed by atoms with Crippen molar-refractivity contribution in [3.8, 4) is 0 Å². The van der Waals surface area contributed by atoms with Gasteiger partial charge in [0.05, 0.1) is 24.1 Å². The van der Waals surface area contributed by atoms with Gasteiger partial charge in [-0.2, -0.15) is 0 Å². The van der Waals surface area contributed by atoms with Crippen molar-refractivity contribution in [3.05, 3.63) is 90.9 Å². The highest BCUT2D eigenvalue weighted by molar-refractivity contribution is 5.97. The molecule has 0 unspecified atom stereocenters. The Bertz CT molecular complexity index is 941. The van der Waals surface area contributed by atoms with Gasteiger partial charge in [0.25, 0.3) is 5.91 Å². The fraction of sp³-hybridized carbons (Fsp3) is 0.0500. The molecule has 7 nitrogen and oxygen atoms in total. The standard InChI is InChI=1S/C20H19FN4O3/c1-3-5-17(13(2)26)25-19(27)12-23-20(28)14-6-4-7-15(10-14)24-18-8-9-22-11-16(18)21/h3-11,26H,1-2,12H2,(H,22,24)(H,23,28)(H,25,27)/b17-5+. The quantitative estimate of drug-likeness (QED) is 0.415. The lowest BCUT2D eigenvalue weighted by molar-refractivity contribution is -0.119. The summed E-state index contributed by atoms with van der Waals surface area (Å²) in [6, 6.07) is 7.83. The number of amides is 2. The number of hydrogen-bond donors (Lipinski definition) is 4. The van der Waals surface area contributed by atoms with Gasteiger partial charge in [0.15, 0.2) is 5.82 Å². The van der Waals surface area contributed by atoms with Crippen molar-refractivity contribution in [1.29, 1.82) is 0 Å². The second-order valence-corrected chi connectivity index (χ2v) is 5.55. The fourth-order valence-corrected chi connectivity index (χ4v) is 2.16. The van der Waals surface area contributed by atoms with Crippen molar-refractivity contribution in [2.24, 2.45) is 0 Å². The summed E-state index contributed by atoms with van der Waals surface area (Å²) in [5.74, 6) is -1.90. The van der Waals surface area contributed by atoms with E-state index in [0.717, 1.165) is 6.20 Å². The van der Waals surface area contributed by atoms with E-state index in [1.165, 1.54) is 30.5 Å². The lowest BCUT2D eigenvalue weighted by atomic mass is 10.2. The molecule has 1 aromatic heterocycles. The second-order valence-electron chi connectivity index (χ2n) is 5.55. The van der Waals surface area contributed by atoms with Crippen LogP contribution < -0.4 is 16.0 Å². The lowest BCUT2D eigenvalue weighted by Gasteiger charge is -2.11. The minimum Gasteiger partial charge on any atom is -0.506 e. The maximum Gasteiger partial charge on any atom is 0.251 e. The third kappa shape index (κ3) is 5.80. The number of carbonyl (C=O) groups is 2. The van der Waals surface area contributed by atoms with Crippen LogP contribution >= 0.6 is 0 Å². The van der Waals surface area contributed by atoms with Gasteiger partial charge < -0.3 is 21.1 Å². The number of nitrogens with zero attached hydrogens (tertiary/aromatic N) is 1. The molecule has 0 fully saturated rings. The van der Waals surface area contributed by atoms with Gasteiger partial charge in [-0.05, 0) is 30.3 Å². The largest absolute Gasteiger partial charge is 0.506 e. The van der Waals surface area contributed by atoms with E-state index in [1.807, 2.05) is 0 Å². The van der Waals surface area contributed by atoms with E-state index in [1.54, 1.807) is 18.2 Å². The van der Waals surface area contributed by atoms with E-state index in [4.69, 9.17) is 0 Å². The average molecular weight is 382 g/mol. The number of aliphatic hydroxyl groups excluding tert-OH is 1. The monoisotopic (exact) mass is 382 g/mol. The van der Waals surface area contributed by atoms with Crippen molar-refractivity contribution >= 4 is 23.2 Å². The zero-order chi connectivity index (χ0) is 20.5. The van der Waals surface area contributed by atoms with Crippen LogP contribution in [0.2, 0.25) is 0 Å². The maximum atomic E-state index is 13.7. The predicted molar refractivity (Wildman–Crippen MR) is 104 cm³/mol. The van der Waals surface area contributed by atoms with Crippen LogP contribution in [0.15, 0.2) is 79.5 Å². The Kier molecular flexibility index (Phi) is 7.04. The lowest BCUT2D eigenvalue weighted by Crippen LogP contribution is -2.36. The van der Waals surface area contributed by atoms with Crippen LogP contribution in [0.25, 0.3) is 0 Å². The molecule has 0 saturated carbocycles. The van der Waals surface area contributed by atoms with E-state index in [0.29, 0.717) is 5.69 Å².